The number of nitrogens with one attached hydrogen (secondary N) is 1. The van der Waals surface area contributed by atoms with Gasteiger partial charge in [-0.3, -0.25) is 9.79 Å². The van der Waals surface area contributed by atoms with Gasteiger partial charge in [-0.05, 0) is 43.7 Å². The van der Waals surface area contributed by atoms with Crippen LogP contribution in [0.4, 0.5) is 8.78 Å². The Morgan fingerprint density at radius 2 is 1.85 bits per heavy atom. The number of pyridine rings is 1. The number of nitrogens with zero attached hydrogens (tertiary/aromatic N) is 3. The summed E-state index contributed by atoms with van der Waals surface area (Å²) in [5.41, 5.74) is 2.39. The van der Waals surface area contributed by atoms with Crippen molar-refractivity contribution in [2.24, 2.45) is 9.98 Å². The first-order valence-corrected chi connectivity index (χ1v) is 10.5. The highest BCUT2D eigenvalue weighted by Crippen LogP contribution is 2.28. The van der Waals surface area contributed by atoms with Crippen molar-refractivity contribution >= 4 is 28.4 Å². The largest absolute Gasteiger partial charge is 0.486 e. The molecule has 0 saturated carbocycles. The molecule has 2 aromatic carbocycles. The van der Waals surface area contributed by atoms with E-state index in [4.69, 9.17) is 4.74 Å². The highest BCUT2D eigenvalue weighted by Gasteiger charge is 2.25. The van der Waals surface area contributed by atoms with Gasteiger partial charge in [0, 0.05) is 41.7 Å². The van der Waals surface area contributed by atoms with Gasteiger partial charge < -0.3 is 9.72 Å². The van der Waals surface area contributed by atoms with Crippen LogP contribution in [0, 0.1) is 11.6 Å². The van der Waals surface area contributed by atoms with Crippen LogP contribution in [-0.4, -0.2) is 34.3 Å². The third kappa shape index (κ3) is 4.61. The Morgan fingerprint density at radius 1 is 1.09 bits per heavy atom. The fourth-order valence-electron chi connectivity index (χ4n) is 3.50. The van der Waals surface area contributed by atoms with Gasteiger partial charge in [0.15, 0.2) is 17.4 Å². The zero-order chi connectivity index (χ0) is 24.2. The van der Waals surface area contributed by atoms with Crippen LogP contribution in [0.15, 0.2) is 70.9 Å². The van der Waals surface area contributed by atoms with Crippen LogP contribution in [-0.2, 0) is 6.61 Å². The minimum Gasteiger partial charge on any atom is -0.486 e. The molecule has 0 aliphatic heterocycles. The number of hydrogen-bond acceptors (Lipinski definition) is 4. The first-order chi connectivity index (χ1) is 16.4. The summed E-state index contributed by atoms with van der Waals surface area (Å²) < 4.78 is 35.3. The molecule has 0 spiro atoms. The summed E-state index contributed by atoms with van der Waals surface area (Å²) >= 11 is 0. The summed E-state index contributed by atoms with van der Waals surface area (Å²) in [6, 6.07) is 12.8. The lowest BCUT2D eigenvalue weighted by molar-refractivity contribution is 0.103. The van der Waals surface area contributed by atoms with Crippen molar-refractivity contribution in [3.63, 3.8) is 0 Å². The van der Waals surface area contributed by atoms with E-state index in [9.17, 15) is 9.18 Å². The number of ketones is 1. The van der Waals surface area contributed by atoms with Gasteiger partial charge >= 0.3 is 0 Å². The second-order valence-electron chi connectivity index (χ2n) is 7.76. The summed E-state index contributed by atoms with van der Waals surface area (Å²) in [5.74, 6) is -2.41. The van der Waals surface area contributed by atoms with Crippen molar-refractivity contribution in [2.75, 3.05) is 7.05 Å². The second-order valence-corrected chi connectivity index (χ2v) is 7.76. The first-order valence-electron chi connectivity index (χ1n) is 10.5. The smallest absolute Gasteiger partial charge is 0.201 e. The average molecular weight is 460 g/mol. The number of ether oxygens (including phenoxy) is 1. The van der Waals surface area contributed by atoms with Gasteiger partial charge in [-0.25, -0.2) is 18.8 Å². The van der Waals surface area contributed by atoms with Crippen molar-refractivity contribution in [3.05, 3.63) is 94.8 Å². The molecule has 34 heavy (non-hydrogen) atoms. The number of H-pyrrole nitrogens is 1. The lowest BCUT2D eigenvalue weighted by Gasteiger charge is -2.11. The Morgan fingerprint density at radius 3 is 2.56 bits per heavy atom. The predicted octanol–water partition coefficient (Wildman–Crippen LogP) is 5.51. The Kier molecular flexibility index (Phi) is 6.58. The topological polar surface area (TPSA) is 79.7 Å². The molecule has 0 amide bonds. The normalized spacial score (nSPS) is 11.5. The Labute approximate surface area is 195 Å². The van der Waals surface area contributed by atoms with Gasteiger partial charge in [0.1, 0.15) is 18.1 Å². The van der Waals surface area contributed by atoms with E-state index < -0.39 is 23.0 Å². The molecular weight excluding hydrogens is 438 g/mol. The fourth-order valence-corrected chi connectivity index (χ4v) is 3.50. The van der Waals surface area contributed by atoms with Crippen molar-refractivity contribution in [3.8, 4) is 5.75 Å². The highest BCUT2D eigenvalue weighted by atomic mass is 19.1. The lowest BCUT2D eigenvalue weighted by Crippen LogP contribution is -2.09. The molecule has 0 bridgehead atoms. The van der Waals surface area contributed by atoms with E-state index in [1.165, 1.54) is 12.3 Å². The van der Waals surface area contributed by atoms with Crippen LogP contribution in [0.5, 0.6) is 5.75 Å². The Balaban J connectivity index is 1.56. The number of rotatable bonds is 6. The van der Waals surface area contributed by atoms with Gasteiger partial charge in [0.2, 0.25) is 5.78 Å². The minimum absolute atomic E-state index is 0.0299. The third-order valence-electron chi connectivity index (χ3n) is 5.13. The van der Waals surface area contributed by atoms with Crippen LogP contribution < -0.4 is 4.74 Å². The van der Waals surface area contributed by atoms with Crippen molar-refractivity contribution in [2.45, 2.75) is 20.5 Å². The van der Waals surface area contributed by atoms with Gasteiger partial charge in [-0.15, -0.1) is 0 Å². The predicted molar refractivity (Wildman–Crippen MR) is 128 cm³/mol. The number of hydrogen-bond donors (Lipinski definition) is 1. The Hall–Kier alpha value is -4.20. The fraction of sp³-hybridized carbons (Fsp3) is 0.154. The molecule has 0 saturated heterocycles. The number of fused-ring (bicyclic) bond motifs is 1. The molecule has 0 unspecified atom stereocenters. The molecule has 0 fully saturated rings. The molecule has 6 nitrogen and oxygen atoms in total. The second kappa shape index (κ2) is 9.74. The first kappa shape index (κ1) is 23.0. The van der Waals surface area contributed by atoms with E-state index in [2.05, 4.69) is 20.0 Å². The van der Waals surface area contributed by atoms with E-state index in [0.717, 1.165) is 22.9 Å². The van der Waals surface area contributed by atoms with Crippen molar-refractivity contribution in [1.82, 2.24) is 9.97 Å². The zero-order valence-electron chi connectivity index (χ0n) is 18.9. The maximum Gasteiger partial charge on any atom is 0.201 e. The van der Waals surface area contributed by atoms with E-state index in [1.807, 2.05) is 38.1 Å². The van der Waals surface area contributed by atoms with Crippen LogP contribution >= 0.6 is 0 Å². The van der Waals surface area contributed by atoms with Crippen LogP contribution in [0.1, 0.15) is 40.9 Å². The monoisotopic (exact) mass is 460 g/mol. The van der Waals surface area contributed by atoms with Crippen LogP contribution in [0.25, 0.3) is 11.0 Å². The lowest BCUT2D eigenvalue weighted by atomic mass is 10.0. The SMILES string of the molecule is CN=C(N=C(C)C)c1ccc(COc2ccc(F)c(C(=O)c3c[nH]c4ncccc34)c2F)cc1. The van der Waals surface area contributed by atoms with Crippen molar-refractivity contribution in [1.29, 1.82) is 0 Å². The minimum atomic E-state index is -1.05. The number of aliphatic imine (C=N–C) groups is 2. The summed E-state index contributed by atoms with van der Waals surface area (Å²) in [7, 11) is 1.67. The number of aromatic amines is 1. The van der Waals surface area contributed by atoms with Gasteiger partial charge in [-0.1, -0.05) is 24.3 Å². The highest BCUT2D eigenvalue weighted by molar-refractivity contribution is 6.16. The van der Waals surface area contributed by atoms with Crippen LogP contribution in [0.3, 0.4) is 0 Å². The van der Waals surface area contributed by atoms with Gasteiger partial charge in [-0.2, -0.15) is 0 Å². The number of amidine groups is 1. The standard InChI is InChI=1S/C26H22F2N4O2/c1-15(2)32-25(29-3)17-8-6-16(7-9-17)14-34-21-11-10-20(27)22(23(21)28)24(33)19-13-31-26-18(19)5-4-12-30-26/h4-13H,14H2,1-3H3,(H,30,31). The molecular formula is C26H22F2N4O2. The average Bonchev–Trinajstić information content (AvgIpc) is 3.26. The molecule has 0 atom stereocenters. The molecule has 4 rings (SSSR count). The number of aromatic nitrogens is 2. The molecule has 2 heterocycles. The molecule has 2 aromatic heterocycles. The third-order valence-corrected chi connectivity index (χ3v) is 5.13. The van der Waals surface area contributed by atoms with E-state index in [0.29, 0.717) is 16.9 Å². The summed E-state index contributed by atoms with van der Waals surface area (Å²) in [4.78, 5) is 28.5. The molecule has 0 aliphatic carbocycles. The molecule has 0 radical (unpaired) electrons. The molecule has 8 heteroatoms. The summed E-state index contributed by atoms with van der Waals surface area (Å²) in [6.07, 6.45) is 2.95. The summed E-state index contributed by atoms with van der Waals surface area (Å²) in [5, 5.41) is 0.482. The van der Waals surface area contributed by atoms with Crippen molar-refractivity contribution < 1.29 is 18.3 Å². The number of carbonyl (C=O) groups is 1. The zero-order valence-corrected chi connectivity index (χ0v) is 18.9. The quantitative estimate of drug-likeness (QED) is 0.234. The van der Waals surface area contributed by atoms with Crippen LogP contribution in [0.2, 0.25) is 0 Å². The number of halogens is 2. The van der Waals surface area contributed by atoms with E-state index >= 15 is 4.39 Å². The van der Waals surface area contributed by atoms with Gasteiger partial charge in [0.05, 0.1) is 5.56 Å². The maximum atomic E-state index is 15.2. The number of benzene rings is 2. The molecule has 4 aromatic rings. The van der Waals surface area contributed by atoms with E-state index in [1.54, 1.807) is 25.4 Å². The summed E-state index contributed by atoms with van der Waals surface area (Å²) in [6.45, 7) is 3.81. The maximum absolute atomic E-state index is 15.2. The molecule has 0 aliphatic rings. The Bertz CT molecular complexity index is 1420. The van der Waals surface area contributed by atoms with Gasteiger partial charge in [0.25, 0.3) is 0 Å². The van der Waals surface area contributed by atoms with E-state index in [-0.39, 0.29) is 17.9 Å². The molecule has 1 N–H and O–H groups in total. The number of carbonyl (C=O) groups excluding carboxylic acids is 1. The molecule has 172 valence electrons.